The lowest BCUT2D eigenvalue weighted by atomic mass is 10.2. The molecule has 2 nitrogen and oxygen atoms in total. The third-order valence-corrected chi connectivity index (χ3v) is 4.87. The van der Waals surface area contributed by atoms with Gasteiger partial charge in [0.1, 0.15) is 0 Å². The van der Waals surface area contributed by atoms with Crippen LogP contribution >= 0.6 is 43.2 Å². The van der Waals surface area contributed by atoms with E-state index in [9.17, 15) is 5.11 Å². The van der Waals surface area contributed by atoms with Crippen molar-refractivity contribution < 1.29 is 5.11 Å². The first-order chi connectivity index (χ1) is 5.52. The summed E-state index contributed by atoms with van der Waals surface area (Å²) in [7, 11) is 0. The number of rotatable bonds is 2. The maximum Gasteiger partial charge on any atom is 0.0843 e. The minimum atomic E-state index is -0.512. The van der Waals surface area contributed by atoms with Crippen molar-refractivity contribution in [2.24, 2.45) is 5.73 Å². The van der Waals surface area contributed by atoms with Gasteiger partial charge in [-0.3, -0.25) is 0 Å². The molecule has 0 bridgehead atoms. The van der Waals surface area contributed by atoms with Crippen molar-refractivity contribution in [2.45, 2.75) is 19.1 Å². The van der Waals surface area contributed by atoms with Crippen molar-refractivity contribution in [1.29, 1.82) is 0 Å². The van der Waals surface area contributed by atoms with Gasteiger partial charge in [0, 0.05) is 9.35 Å². The van der Waals surface area contributed by atoms with E-state index < -0.39 is 6.10 Å². The second-order valence-corrected chi connectivity index (χ2v) is 5.79. The Morgan fingerprint density at radius 1 is 1.58 bits per heavy atom. The van der Waals surface area contributed by atoms with Crippen LogP contribution in [0.5, 0.6) is 0 Å². The van der Waals surface area contributed by atoms with Gasteiger partial charge in [-0.1, -0.05) is 0 Å². The molecule has 5 heteroatoms. The highest BCUT2D eigenvalue weighted by Crippen LogP contribution is 2.35. The number of aliphatic hydroxyl groups excluding tert-OH is 1. The monoisotopic (exact) mass is 313 g/mol. The van der Waals surface area contributed by atoms with Crippen molar-refractivity contribution >= 4 is 43.2 Å². The summed E-state index contributed by atoms with van der Waals surface area (Å²) in [4.78, 5) is 0.976. The normalized spacial score (nSPS) is 16.1. The molecule has 3 N–H and O–H groups in total. The first-order valence-electron chi connectivity index (χ1n) is 3.40. The van der Waals surface area contributed by atoms with Crippen molar-refractivity contribution in [3.63, 3.8) is 0 Å². The van der Waals surface area contributed by atoms with Crippen LogP contribution in [0.3, 0.4) is 0 Å². The first-order valence-corrected chi connectivity index (χ1v) is 5.81. The summed E-state index contributed by atoms with van der Waals surface area (Å²) in [5.41, 5.74) is 5.74. The van der Waals surface area contributed by atoms with E-state index in [1.807, 2.05) is 6.07 Å². The van der Waals surface area contributed by atoms with E-state index in [0.29, 0.717) is 0 Å². The van der Waals surface area contributed by atoms with Crippen LogP contribution in [0, 0.1) is 0 Å². The Morgan fingerprint density at radius 2 is 2.17 bits per heavy atom. The van der Waals surface area contributed by atoms with Crippen LogP contribution in [0.15, 0.2) is 14.3 Å². The summed E-state index contributed by atoms with van der Waals surface area (Å²) in [5.74, 6) is 0. The van der Waals surface area contributed by atoms with Gasteiger partial charge in [-0.05, 0) is 44.8 Å². The zero-order valence-corrected chi connectivity index (χ0v) is 10.4. The minimum absolute atomic E-state index is 0.294. The van der Waals surface area contributed by atoms with E-state index in [1.165, 1.54) is 11.3 Å². The largest absolute Gasteiger partial charge is 0.391 e. The molecule has 0 aliphatic rings. The van der Waals surface area contributed by atoms with Crippen LogP contribution in [0.4, 0.5) is 0 Å². The maximum atomic E-state index is 9.23. The Morgan fingerprint density at radius 3 is 2.50 bits per heavy atom. The molecule has 0 aliphatic carbocycles. The Bertz CT molecular complexity index is 255. The molecule has 1 heterocycles. The molecule has 0 saturated heterocycles. The standard InChI is InChI=1S/C7H9Br2NOS/c1-3(11)6(10)5-2-4(8)7(9)12-5/h2-3,6,11H,10H2,1H3/t3?,6-/m1/s1. The topological polar surface area (TPSA) is 46.2 Å². The molecular formula is C7H9Br2NOS. The van der Waals surface area contributed by atoms with Gasteiger partial charge in [0.05, 0.1) is 15.9 Å². The summed E-state index contributed by atoms with van der Waals surface area (Å²) in [6.45, 7) is 1.69. The fourth-order valence-corrected chi connectivity index (χ4v) is 2.95. The van der Waals surface area contributed by atoms with Crippen LogP contribution in [-0.4, -0.2) is 11.2 Å². The van der Waals surface area contributed by atoms with Gasteiger partial charge in [0.2, 0.25) is 0 Å². The Labute approximate surface area is 92.0 Å². The summed E-state index contributed by atoms with van der Waals surface area (Å²) in [6, 6.07) is 1.63. The molecule has 12 heavy (non-hydrogen) atoms. The molecule has 0 spiro atoms. The molecular weight excluding hydrogens is 306 g/mol. The predicted octanol–water partition coefficient (Wildman–Crippen LogP) is 2.65. The first kappa shape index (κ1) is 10.7. The Kier molecular flexibility index (Phi) is 3.73. The fourth-order valence-electron chi connectivity index (χ4n) is 0.765. The van der Waals surface area contributed by atoms with Crippen LogP contribution < -0.4 is 5.73 Å². The van der Waals surface area contributed by atoms with E-state index in [1.54, 1.807) is 6.92 Å². The van der Waals surface area contributed by atoms with Crippen LogP contribution in [0.2, 0.25) is 0 Å². The Hall–Kier alpha value is 0.580. The molecule has 68 valence electrons. The summed E-state index contributed by atoms with van der Waals surface area (Å²) in [5, 5.41) is 9.23. The molecule has 0 aliphatic heterocycles. The molecule has 1 aromatic rings. The van der Waals surface area contributed by atoms with E-state index in [-0.39, 0.29) is 6.04 Å². The van der Waals surface area contributed by atoms with E-state index in [0.717, 1.165) is 13.1 Å². The zero-order valence-electron chi connectivity index (χ0n) is 6.42. The molecule has 0 amide bonds. The molecule has 0 radical (unpaired) electrons. The third kappa shape index (κ3) is 2.29. The van der Waals surface area contributed by atoms with E-state index in [2.05, 4.69) is 31.9 Å². The molecule has 1 aromatic heterocycles. The lowest BCUT2D eigenvalue weighted by Gasteiger charge is -2.11. The number of thiophene rings is 1. The van der Waals surface area contributed by atoms with Crippen molar-refractivity contribution in [1.82, 2.24) is 0 Å². The van der Waals surface area contributed by atoms with Gasteiger partial charge in [-0.15, -0.1) is 11.3 Å². The molecule has 2 atom stereocenters. The number of halogens is 2. The molecule has 0 aromatic carbocycles. The fraction of sp³-hybridized carbons (Fsp3) is 0.429. The highest BCUT2D eigenvalue weighted by molar-refractivity contribution is 9.13. The SMILES string of the molecule is CC(O)[C@@H](N)c1cc(Br)c(Br)s1. The van der Waals surface area contributed by atoms with Crippen molar-refractivity contribution in [3.8, 4) is 0 Å². The highest BCUT2D eigenvalue weighted by Gasteiger charge is 2.15. The van der Waals surface area contributed by atoms with Crippen LogP contribution in [0.25, 0.3) is 0 Å². The number of hydrogen-bond acceptors (Lipinski definition) is 3. The van der Waals surface area contributed by atoms with Gasteiger partial charge in [-0.2, -0.15) is 0 Å². The number of aliphatic hydroxyl groups is 1. The summed E-state index contributed by atoms with van der Waals surface area (Å²) >= 11 is 8.26. The van der Waals surface area contributed by atoms with Crippen molar-refractivity contribution in [2.75, 3.05) is 0 Å². The average Bonchev–Trinajstić information content (AvgIpc) is 2.30. The van der Waals surface area contributed by atoms with E-state index >= 15 is 0 Å². The maximum absolute atomic E-state index is 9.23. The van der Waals surface area contributed by atoms with Crippen LogP contribution in [0.1, 0.15) is 17.8 Å². The van der Waals surface area contributed by atoms with Gasteiger partial charge >= 0.3 is 0 Å². The second-order valence-electron chi connectivity index (χ2n) is 2.54. The molecule has 0 saturated carbocycles. The minimum Gasteiger partial charge on any atom is -0.391 e. The lowest BCUT2D eigenvalue weighted by molar-refractivity contribution is 0.165. The van der Waals surface area contributed by atoms with Gasteiger partial charge < -0.3 is 10.8 Å². The average molecular weight is 315 g/mol. The Balaban J connectivity index is 2.89. The molecule has 1 rings (SSSR count). The predicted molar refractivity (Wildman–Crippen MR) is 58.3 cm³/mol. The number of hydrogen-bond donors (Lipinski definition) is 2. The highest BCUT2D eigenvalue weighted by atomic mass is 79.9. The quantitative estimate of drug-likeness (QED) is 0.881. The van der Waals surface area contributed by atoms with Gasteiger partial charge in [0.25, 0.3) is 0 Å². The van der Waals surface area contributed by atoms with Crippen molar-refractivity contribution in [3.05, 3.63) is 19.2 Å². The van der Waals surface area contributed by atoms with Gasteiger partial charge in [-0.25, -0.2) is 0 Å². The van der Waals surface area contributed by atoms with E-state index in [4.69, 9.17) is 5.73 Å². The third-order valence-electron chi connectivity index (χ3n) is 1.51. The second kappa shape index (κ2) is 4.19. The lowest BCUT2D eigenvalue weighted by Crippen LogP contribution is -2.21. The number of nitrogens with two attached hydrogens (primary N) is 1. The molecule has 1 unspecified atom stereocenters. The van der Waals surface area contributed by atoms with Crippen LogP contribution in [-0.2, 0) is 0 Å². The summed E-state index contributed by atoms with van der Waals surface area (Å²) < 4.78 is 1.99. The summed E-state index contributed by atoms with van der Waals surface area (Å²) in [6.07, 6.45) is -0.512. The smallest absolute Gasteiger partial charge is 0.0843 e. The zero-order chi connectivity index (χ0) is 9.30. The molecule has 0 fully saturated rings. The van der Waals surface area contributed by atoms with Gasteiger partial charge in [0.15, 0.2) is 0 Å².